The van der Waals surface area contributed by atoms with Crippen LogP contribution in [0, 0.1) is 0 Å². The number of hydrogen-bond donors (Lipinski definition) is 1. The minimum Gasteiger partial charge on any atom is -0.370 e. The molecule has 2 rings (SSSR count). The fourth-order valence-electron chi connectivity index (χ4n) is 1.63. The molecule has 2 aromatic heterocycles. The van der Waals surface area contributed by atoms with Crippen molar-refractivity contribution in [3.8, 4) is 0 Å². The van der Waals surface area contributed by atoms with Gasteiger partial charge in [0.25, 0.3) is 0 Å². The first-order valence-electron chi connectivity index (χ1n) is 5.71. The first-order chi connectivity index (χ1) is 8.97. The predicted molar refractivity (Wildman–Crippen MR) is 64.6 cm³/mol. The van der Waals surface area contributed by atoms with Crippen LogP contribution in [0.5, 0.6) is 0 Å². The van der Waals surface area contributed by atoms with E-state index in [4.69, 9.17) is 0 Å². The highest BCUT2D eigenvalue weighted by Crippen LogP contribution is 2.28. The maximum absolute atomic E-state index is 12.5. The monoisotopic (exact) mass is 270 g/mol. The number of nitrogens with zero attached hydrogens (tertiary/aromatic N) is 3. The van der Waals surface area contributed by atoms with Crippen molar-refractivity contribution in [3.05, 3.63) is 42.1 Å². The summed E-state index contributed by atoms with van der Waals surface area (Å²) in [4.78, 5) is 7.65. The number of aromatic nitrogens is 3. The van der Waals surface area contributed by atoms with Crippen molar-refractivity contribution in [2.75, 3.05) is 11.9 Å². The molecule has 0 aromatic carbocycles. The third-order valence-electron chi connectivity index (χ3n) is 2.62. The molecule has 0 aliphatic rings. The maximum Gasteiger partial charge on any atom is 0.433 e. The van der Waals surface area contributed by atoms with Crippen LogP contribution in [0.25, 0.3) is 0 Å². The van der Waals surface area contributed by atoms with Crippen molar-refractivity contribution in [1.29, 1.82) is 0 Å². The van der Waals surface area contributed by atoms with Crippen LogP contribution in [0.3, 0.4) is 0 Å². The Kier molecular flexibility index (Phi) is 3.73. The van der Waals surface area contributed by atoms with Gasteiger partial charge in [-0.25, -0.2) is 9.97 Å². The van der Waals surface area contributed by atoms with E-state index in [1.165, 1.54) is 12.1 Å². The highest BCUT2D eigenvalue weighted by atomic mass is 19.4. The topological polar surface area (TPSA) is 42.7 Å². The zero-order chi connectivity index (χ0) is 13.9. The van der Waals surface area contributed by atoms with Crippen LogP contribution in [0.4, 0.5) is 19.0 Å². The first-order valence-corrected chi connectivity index (χ1v) is 5.71. The van der Waals surface area contributed by atoms with E-state index in [1.54, 1.807) is 6.20 Å². The van der Waals surface area contributed by atoms with Gasteiger partial charge in [-0.05, 0) is 12.1 Å². The van der Waals surface area contributed by atoms with Crippen LogP contribution in [0.1, 0.15) is 11.5 Å². The Bertz CT molecular complexity index is 548. The van der Waals surface area contributed by atoms with Gasteiger partial charge in [0.2, 0.25) is 0 Å². The van der Waals surface area contributed by atoms with Crippen molar-refractivity contribution in [3.63, 3.8) is 0 Å². The molecule has 0 aliphatic carbocycles. The highest BCUT2D eigenvalue weighted by molar-refractivity contribution is 5.35. The number of imidazole rings is 1. The van der Waals surface area contributed by atoms with Crippen molar-refractivity contribution in [2.45, 2.75) is 12.6 Å². The van der Waals surface area contributed by atoms with Crippen molar-refractivity contribution in [1.82, 2.24) is 14.5 Å². The summed E-state index contributed by atoms with van der Waals surface area (Å²) in [5.41, 5.74) is -0.894. The quantitative estimate of drug-likeness (QED) is 0.928. The van der Waals surface area contributed by atoms with Gasteiger partial charge in [-0.3, -0.25) is 0 Å². The van der Waals surface area contributed by atoms with Gasteiger partial charge in [-0.1, -0.05) is 6.07 Å². The second-order valence-electron chi connectivity index (χ2n) is 4.04. The summed E-state index contributed by atoms with van der Waals surface area (Å²) in [5.74, 6) is 1.07. The lowest BCUT2D eigenvalue weighted by Gasteiger charge is -2.09. The van der Waals surface area contributed by atoms with Gasteiger partial charge in [-0.2, -0.15) is 13.2 Å². The Morgan fingerprint density at radius 2 is 2.11 bits per heavy atom. The summed E-state index contributed by atoms with van der Waals surface area (Å²) in [6.45, 7) is 0.471. The van der Waals surface area contributed by atoms with Crippen molar-refractivity contribution >= 4 is 5.82 Å². The van der Waals surface area contributed by atoms with Gasteiger partial charge in [0.1, 0.15) is 17.3 Å². The third kappa shape index (κ3) is 3.46. The first kappa shape index (κ1) is 13.4. The van der Waals surface area contributed by atoms with E-state index in [-0.39, 0.29) is 5.82 Å². The molecular weight excluding hydrogens is 257 g/mol. The molecule has 0 spiro atoms. The summed E-state index contributed by atoms with van der Waals surface area (Å²) in [5, 5.41) is 2.86. The van der Waals surface area contributed by atoms with Gasteiger partial charge in [0.05, 0.1) is 0 Å². The van der Waals surface area contributed by atoms with Crippen LogP contribution < -0.4 is 5.32 Å². The molecule has 0 saturated heterocycles. The van der Waals surface area contributed by atoms with Crippen molar-refractivity contribution in [2.24, 2.45) is 7.05 Å². The fraction of sp³-hybridized carbons (Fsp3) is 0.333. The van der Waals surface area contributed by atoms with E-state index in [9.17, 15) is 13.2 Å². The molecule has 0 atom stereocenters. The van der Waals surface area contributed by atoms with Crippen molar-refractivity contribution < 1.29 is 13.2 Å². The molecule has 0 bridgehead atoms. The molecule has 2 aromatic rings. The van der Waals surface area contributed by atoms with Gasteiger partial charge >= 0.3 is 6.18 Å². The summed E-state index contributed by atoms with van der Waals surface area (Å²) in [6, 6.07) is 3.79. The van der Waals surface area contributed by atoms with Crippen LogP contribution in [0.15, 0.2) is 30.6 Å². The molecule has 7 heteroatoms. The Morgan fingerprint density at radius 3 is 2.74 bits per heavy atom. The van der Waals surface area contributed by atoms with E-state index in [2.05, 4.69) is 15.3 Å². The summed E-state index contributed by atoms with van der Waals surface area (Å²) >= 11 is 0. The number of halogens is 3. The molecule has 0 amide bonds. The molecule has 0 saturated carbocycles. The average Bonchev–Trinajstić information content (AvgIpc) is 2.75. The molecule has 4 nitrogen and oxygen atoms in total. The number of rotatable bonds is 4. The van der Waals surface area contributed by atoms with E-state index in [0.717, 1.165) is 11.9 Å². The number of nitrogens with one attached hydrogen (secondary N) is 1. The van der Waals surface area contributed by atoms with Gasteiger partial charge < -0.3 is 9.88 Å². The average molecular weight is 270 g/mol. The number of aryl methyl sites for hydroxylation is 1. The fourth-order valence-corrected chi connectivity index (χ4v) is 1.63. The highest BCUT2D eigenvalue weighted by Gasteiger charge is 2.32. The van der Waals surface area contributed by atoms with E-state index in [1.807, 2.05) is 17.8 Å². The number of pyridine rings is 1. The molecule has 0 unspecified atom stereocenters. The Balaban J connectivity index is 1.95. The number of hydrogen-bond acceptors (Lipinski definition) is 3. The summed E-state index contributed by atoms with van der Waals surface area (Å²) < 4.78 is 39.3. The number of anilines is 1. The SMILES string of the molecule is Cn1ccnc1CCNc1cccc(C(F)(F)F)n1. The summed E-state index contributed by atoms with van der Waals surface area (Å²) in [6.07, 6.45) is -0.311. The zero-order valence-corrected chi connectivity index (χ0v) is 10.3. The third-order valence-corrected chi connectivity index (χ3v) is 2.62. The molecule has 102 valence electrons. The molecule has 0 radical (unpaired) electrons. The maximum atomic E-state index is 12.5. The largest absolute Gasteiger partial charge is 0.433 e. The zero-order valence-electron chi connectivity index (χ0n) is 10.3. The smallest absolute Gasteiger partial charge is 0.370 e. The van der Waals surface area contributed by atoms with Gasteiger partial charge in [0, 0.05) is 32.4 Å². The molecule has 0 aliphatic heterocycles. The van der Waals surface area contributed by atoms with Crippen LogP contribution in [0.2, 0.25) is 0 Å². The lowest BCUT2D eigenvalue weighted by molar-refractivity contribution is -0.141. The molecule has 2 heterocycles. The molecular formula is C12H13F3N4. The predicted octanol–water partition coefficient (Wildman–Crippen LogP) is 2.49. The van der Waals surface area contributed by atoms with E-state index in [0.29, 0.717) is 13.0 Å². The number of alkyl halides is 3. The van der Waals surface area contributed by atoms with Crippen LogP contribution in [-0.4, -0.2) is 21.1 Å². The molecule has 1 N–H and O–H groups in total. The van der Waals surface area contributed by atoms with Gasteiger partial charge in [0.15, 0.2) is 0 Å². The molecule has 19 heavy (non-hydrogen) atoms. The Labute approximate surface area is 108 Å². The Hall–Kier alpha value is -2.05. The van der Waals surface area contributed by atoms with Gasteiger partial charge in [-0.15, -0.1) is 0 Å². The van der Waals surface area contributed by atoms with Crippen LogP contribution >= 0.6 is 0 Å². The second-order valence-corrected chi connectivity index (χ2v) is 4.04. The lowest BCUT2D eigenvalue weighted by atomic mass is 10.3. The standard InChI is InChI=1S/C12H13F3N4/c1-19-8-7-17-11(19)5-6-16-10-4-2-3-9(18-10)12(13,14)15/h2-4,7-8H,5-6H2,1H3,(H,16,18). The van der Waals surface area contributed by atoms with E-state index >= 15 is 0 Å². The normalized spacial score (nSPS) is 11.6. The minimum absolute atomic E-state index is 0.212. The van der Waals surface area contributed by atoms with Crippen LogP contribution in [-0.2, 0) is 19.6 Å². The summed E-state index contributed by atoms with van der Waals surface area (Å²) in [7, 11) is 1.87. The molecule has 0 fully saturated rings. The lowest BCUT2D eigenvalue weighted by Crippen LogP contribution is -2.12. The minimum atomic E-state index is -4.42. The second kappa shape index (κ2) is 5.29. The Morgan fingerprint density at radius 1 is 1.32 bits per heavy atom. The van der Waals surface area contributed by atoms with E-state index < -0.39 is 11.9 Å².